The molecule has 6 nitrogen and oxygen atoms in total. The lowest BCUT2D eigenvalue weighted by Gasteiger charge is -2.28. The van der Waals surface area contributed by atoms with Crippen molar-refractivity contribution in [1.29, 1.82) is 0 Å². The van der Waals surface area contributed by atoms with E-state index in [-0.39, 0.29) is 0 Å². The molecule has 0 saturated carbocycles. The minimum absolute atomic E-state index is 0.598. The number of aliphatic imine (C=N–C) groups is 2. The van der Waals surface area contributed by atoms with E-state index < -0.39 is 0 Å². The first-order valence-corrected chi connectivity index (χ1v) is 21.6. The molecule has 0 N–H and O–H groups in total. The smallest absolute Gasteiger partial charge is 0.160 e. The molecule has 2 heterocycles. The van der Waals surface area contributed by atoms with Gasteiger partial charge in [-0.1, -0.05) is 191 Å². The fourth-order valence-corrected chi connectivity index (χ4v) is 6.85. The van der Waals surface area contributed by atoms with Crippen LogP contribution < -0.4 is 0 Å². The molecule has 0 spiro atoms. The Balaban J connectivity index is 0.000000360. The van der Waals surface area contributed by atoms with Crippen LogP contribution in [0, 0.1) is 6.92 Å². The van der Waals surface area contributed by atoms with Crippen molar-refractivity contribution in [3.63, 3.8) is 0 Å². The highest BCUT2D eigenvalue weighted by Gasteiger charge is 2.16. The molecule has 6 aromatic rings. The molecule has 0 bridgehead atoms. The van der Waals surface area contributed by atoms with Gasteiger partial charge < -0.3 is 4.90 Å². The standard InChI is InChI=1S/C39H36N6.C15H18.C2H6/c1-5-44-25-13-12-18-38(44)36-26-35(24-19-28(36)2)45-27-37(42-43-45)33-20-22-34(23-21-33)39(40-29(3)31-14-8-6-9-15-31)41-30(4)32-16-10-7-11-17-32;1-4-6-7-10-13(3)15-12-9-8-11-14(15)5-2;1-2/h6-24,26-27H,3,5,25H2,1-2,4H3;4,6-12H,3,5H2,1-2H3;1-2H3/b;6-4-,10-7-;. The number of allylic oxidation sites excluding steroid dienone is 7. The Morgan fingerprint density at radius 3 is 2.13 bits per heavy atom. The average Bonchev–Trinajstić information content (AvgIpc) is 3.83. The quantitative estimate of drug-likeness (QED) is 0.0702. The fourth-order valence-electron chi connectivity index (χ4n) is 6.85. The van der Waals surface area contributed by atoms with E-state index in [4.69, 9.17) is 9.98 Å². The average molecular weight is 817 g/mol. The molecule has 1 aliphatic rings. The van der Waals surface area contributed by atoms with Crippen molar-refractivity contribution in [2.24, 2.45) is 9.98 Å². The first kappa shape index (κ1) is 45.9. The lowest BCUT2D eigenvalue weighted by Crippen LogP contribution is -2.24. The Labute approximate surface area is 370 Å². The molecule has 0 amide bonds. The van der Waals surface area contributed by atoms with E-state index in [9.17, 15) is 0 Å². The molecular weight excluding hydrogens is 757 g/mol. The van der Waals surface area contributed by atoms with Crippen LogP contribution in [0.2, 0.25) is 0 Å². The Bertz CT molecular complexity index is 2580. The van der Waals surface area contributed by atoms with Crippen LogP contribution >= 0.6 is 0 Å². The largest absolute Gasteiger partial charge is 0.368 e. The number of hydrogen-bond acceptors (Lipinski definition) is 4. The molecule has 5 aromatic carbocycles. The zero-order chi connectivity index (χ0) is 44.3. The molecule has 0 fully saturated rings. The monoisotopic (exact) mass is 816 g/mol. The number of likely N-dealkylation sites (N-methyl/N-ethyl adjacent to an activating group) is 1. The summed E-state index contributed by atoms with van der Waals surface area (Å²) in [4.78, 5) is 12.2. The minimum atomic E-state index is 0.598. The Morgan fingerprint density at radius 2 is 1.45 bits per heavy atom. The van der Waals surface area contributed by atoms with E-state index in [0.29, 0.717) is 11.5 Å². The highest BCUT2D eigenvalue weighted by Crippen LogP contribution is 2.28. The second kappa shape index (κ2) is 23.6. The molecule has 1 aromatic heterocycles. The van der Waals surface area contributed by atoms with Gasteiger partial charge in [-0.15, -0.1) is 5.10 Å². The second-order valence-electron chi connectivity index (χ2n) is 14.4. The number of aromatic nitrogens is 3. The number of hydrogen-bond donors (Lipinski definition) is 0. The van der Waals surface area contributed by atoms with Crippen LogP contribution in [0.15, 0.2) is 199 Å². The highest BCUT2D eigenvalue weighted by molar-refractivity contribution is 6.12. The summed E-state index contributed by atoms with van der Waals surface area (Å²) in [5, 5.41) is 9.00. The summed E-state index contributed by atoms with van der Waals surface area (Å²) < 4.78 is 1.84. The summed E-state index contributed by atoms with van der Waals surface area (Å²) >= 11 is 0. The summed E-state index contributed by atoms with van der Waals surface area (Å²) in [6.45, 7) is 24.7. The van der Waals surface area contributed by atoms with Crippen molar-refractivity contribution in [1.82, 2.24) is 19.9 Å². The van der Waals surface area contributed by atoms with Crippen LogP contribution in [0.5, 0.6) is 0 Å². The number of benzene rings is 5. The zero-order valence-corrected chi connectivity index (χ0v) is 37.5. The first-order valence-electron chi connectivity index (χ1n) is 21.6. The van der Waals surface area contributed by atoms with Crippen LogP contribution in [0.25, 0.3) is 33.9 Å². The van der Waals surface area contributed by atoms with Gasteiger partial charge in [-0.2, -0.15) is 0 Å². The first-order chi connectivity index (χ1) is 30.3. The zero-order valence-electron chi connectivity index (χ0n) is 37.5. The molecule has 0 unspecified atom stereocenters. The van der Waals surface area contributed by atoms with Crippen LogP contribution in [0.1, 0.15) is 80.5 Å². The van der Waals surface area contributed by atoms with Gasteiger partial charge in [-0.25, -0.2) is 14.7 Å². The van der Waals surface area contributed by atoms with Crippen LogP contribution in [-0.4, -0.2) is 44.5 Å². The van der Waals surface area contributed by atoms with Crippen molar-refractivity contribution < 1.29 is 0 Å². The maximum Gasteiger partial charge on any atom is 0.160 e. The summed E-state index contributed by atoms with van der Waals surface area (Å²) in [6, 6.07) is 43.1. The Hall–Kier alpha value is -7.18. The number of amidine groups is 1. The maximum absolute atomic E-state index is 4.96. The van der Waals surface area contributed by atoms with Crippen LogP contribution in [0.4, 0.5) is 0 Å². The third-order valence-corrected chi connectivity index (χ3v) is 10.3. The molecular formula is C56H60N6. The topological polar surface area (TPSA) is 58.7 Å². The summed E-state index contributed by atoms with van der Waals surface area (Å²) in [5.41, 5.74) is 14.5. The Kier molecular flexibility index (Phi) is 17.4. The van der Waals surface area contributed by atoms with Gasteiger partial charge in [0.15, 0.2) is 5.84 Å². The van der Waals surface area contributed by atoms with E-state index in [0.717, 1.165) is 64.4 Å². The van der Waals surface area contributed by atoms with E-state index in [1.165, 1.54) is 28.0 Å². The molecule has 0 radical (unpaired) electrons. The molecule has 7 rings (SSSR count). The van der Waals surface area contributed by atoms with Crippen LogP contribution in [-0.2, 0) is 6.42 Å². The van der Waals surface area contributed by atoms with Gasteiger partial charge in [0.25, 0.3) is 0 Å². The number of nitrogens with zero attached hydrogens (tertiary/aromatic N) is 6. The molecule has 0 atom stereocenters. The minimum Gasteiger partial charge on any atom is -0.368 e. The van der Waals surface area contributed by atoms with Gasteiger partial charge in [-0.05, 0) is 85.7 Å². The maximum atomic E-state index is 4.96. The molecule has 0 aliphatic carbocycles. The molecule has 0 saturated heterocycles. The predicted octanol–water partition coefficient (Wildman–Crippen LogP) is 13.8. The van der Waals surface area contributed by atoms with E-state index in [1.807, 2.05) is 130 Å². The summed E-state index contributed by atoms with van der Waals surface area (Å²) in [6.07, 6.45) is 17.6. The van der Waals surface area contributed by atoms with Crippen molar-refractivity contribution in [3.8, 4) is 16.9 Å². The van der Waals surface area contributed by atoms with Gasteiger partial charge >= 0.3 is 0 Å². The lowest BCUT2D eigenvalue weighted by atomic mass is 9.99. The number of rotatable bonds is 12. The molecule has 314 valence electrons. The van der Waals surface area contributed by atoms with Gasteiger partial charge in [0, 0.05) is 41.2 Å². The van der Waals surface area contributed by atoms with Gasteiger partial charge in [0.1, 0.15) is 5.69 Å². The van der Waals surface area contributed by atoms with Crippen molar-refractivity contribution >= 4 is 28.5 Å². The van der Waals surface area contributed by atoms with E-state index in [2.05, 4.69) is 128 Å². The highest BCUT2D eigenvalue weighted by atomic mass is 15.4. The van der Waals surface area contributed by atoms with Crippen molar-refractivity contribution in [2.75, 3.05) is 13.1 Å². The molecule has 62 heavy (non-hydrogen) atoms. The fraction of sp³-hybridized carbons (Fsp3) is 0.179. The Morgan fingerprint density at radius 1 is 0.774 bits per heavy atom. The van der Waals surface area contributed by atoms with Gasteiger partial charge in [-0.3, -0.25) is 0 Å². The van der Waals surface area contributed by atoms with Gasteiger partial charge in [0.05, 0.1) is 17.6 Å². The third-order valence-electron chi connectivity index (χ3n) is 10.3. The normalized spacial score (nSPS) is 12.7. The summed E-state index contributed by atoms with van der Waals surface area (Å²) in [7, 11) is 0. The second-order valence-corrected chi connectivity index (χ2v) is 14.4. The van der Waals surface area contributed by atoms with E-state index >= 15 is 0 Å². The summed E-state index contributed by atoms with van der Waals surface area (Å²) in [5.74, 6) is 0.598. The molecule has 6 heteroatoms. The van der Waals surface area contributed by atoms with Crippen molar-refractivity contribution in [2.45, 2.75) is 54.9 Å². The van der Waals surface area contributed by atoms with Gasteiger partial charge in [0.2, 0.25) is 0 Å². The van der Waals surface area contributed by atoms with Crippen LogP contribution in [0.3, 0.4) is 0 Å². The third kappa shape index (κ3) is 12.2. The van der Waals surface area contributed by atoms with E-state index in [1.54, 1.807) is 0 Å². The van der Waals surface area contributed by atoms with Crippen molar-refractivity contribution in [3.05, 3.63) is 228 Å². The SMILES string of the molecule is C=C(/C=C\C=C/C)c1ccccc1CC.C=C(N=C(N=C(C)c1ccccc1)c1ccc(-c2cn(-c3ccc(C)c(C4=CC=CCN4CC)c3)nn2)cc1)c1ccccc1.CC. The number of aryl methyl sites for hydroxylation is 2. The molecule has 1 aliphatic heterocycles. The predicted molar refractivity (Wildman–Crippen MR) is 267 cm³/mol. The lowest BCUT2D eigenvalue weighted by molar-refractivity contribution is 0.459.